The molecule has 168 valence electrons. The van der Waals surface area contributed by atoms with Crippen molar-refractivity contribution in [1.82, 2.24) is 9.55 Å². The van der Waals surface area contributed by atoms with Crippen LogP contribution in [0.4, 0.5) is 24.8 Å². The Labute approximate surface area is 189 Å². The highest BCUT2D eigenvalue weighted by atomic mass is 32.2. The van der Waals surface area contributed by atoms with Gasteiger partial charge in [-0.3, -0.25) is 14.9 Å². The molecule has 0 radical (unpaired) electrons. The van der Waals surface area contributed by atoms with Crippen molar-refractivity contribution >= 4 is 46.2 Å². The number of hydrogen-bond acceptors (Lipinski definition) is 5. The number of carbonyl (C=O) groups excluding carboxylic acids is 2. The predicted molar refractivity (Wildman–Crippen MR) is 116 cm³/mol. The number of imidazole rings is 1. The van der Waals surface area contributed by atoms with Gasteiger partial charge in [-0.05, 0) is 48.5 Å². The van der Waals surface area contributed by atoms with E-state index in [4.69, 9.17) is 4.42 Å². The highest BCUT2D eigenvalue weighted by molar-refractivity contribution is 8.00. The summed E-state index contributed by atoms with van der Waals surface area (Å²) in [5, 5.41) is 5.40. The summed E-state index contributed by atoms with van der Waals surface area (Å²) in [7, 11) is 0. The average Bonchev–Trinajstić information content (AvgIpc) is 3.40. The Morgan fingerprint density at radius 1 is 1.21 bits per heavy atom. The summed E-state index contributed by atoms with van der Waals surface area (Å²) >= 11 is 1.37. The summed E-state index contributed by atoms with van der Waals surface area (Å²) < 4.78 is 46.5. The van der Waals surface area contributed by atoms with Crippen LogP contribution in [0.15, 0.2) is 64.1 Å². The monoisotopic (exact) mass is 472 g/mol. The number of furan rings is 1. The number of rotatable bonds is 4. The second-order valence-electron chi connectivity index (χ2n) is 7.30. The van der Waals surface area contributed by atoms with Gasteiger partial charge in [0.05, 0.1) is 40.8 Å². The minimum atomic E-state index is -4.52. The number of alkyl halides is 3. The van der Waals surface area contributed by atoms with Crippen LogP contribution < -0.4 is 10.6 Å². The van der Waals surface area contributed by atoms with E-state index in [9.17, 15) is 22.8 Å². The SMILES string of the molecule is O=C1CSc2ccc(C(=O)Nc3nc4cc(C(F)(F)F)ccc4n3Cc3ccco3)cc2N1. The highest BCUT2D eigenvalue weighted by Crippen LogP contribution is 2.34. The van der Waals surface area contributed by atoms with E-state index in [1.165, 1.54) is 24.1 Å². The fourth-order valence-electron chi connectivity index (χ4n) is 3.52. The third-order valence-electron chi connectivity index (χ3n) is 5.07. The summed E-state index contributed by atoms with van der Waals surface area (Å²) in [6, 6.07) is 11.5. The van der Waals surface area contributed by atoms with Crippen molar-refractivity contribution in [3.63, 3.8) is 0 Å². The van der Waals surface area contributed by atoms with Crippen molar-refractivity contribution in [3.8, 4) is 0 Å². The highest BCUT2D eigenvalue weighted by Gasteiger charge is 2.31. The second-order valence-corrected chi connectivity index (χ2v) is 8.32. The van der Waals surface area contributed by atoms with Gasteiger partial charge in [-0.1, -0.05) is 0 Å². The molecule has 2 N–H and O–H groups in total. The third kappa shape index (κ3) is 4.19. The molecule has 0 unspecified atom stereocenters. The van der Waals surface area contributed by atoms with Gasteiger partial charge in [0.1, 0.15) is 5.76 Å². The second kappa shape index (κ2) is 8.00. The van der Waals surface area contributed by atoms with E-state index in [2.05, 4.69) is 15.6 Å². The van der Waals surface area contributed by atoms with Crippen molar-refractivity contribution in [2.45, 2.75) is 17.6 Å². The number of nitrogens with zero attached hydrogens (tertiary/aromatic N) is 2. The molecule has 0 saturated heterocycles. The van der Waals surface area contributed by atoms with Crippen LogP contribution in [0.1, 0.15) is 21.7 Å². The van der Waals surface area contributed by atoms with E-state index in [1.54, 1.807) is 34.9 Å². The Morgan fingerprint density at radius 2 is 2.06 bits per heavy atom. The van der Waals surface area contributed by atoms with Gasteiger partial charge in [-0.15, -0.1) is 11.8 Å². The van der Waals surface area contributed by atoms with Crippen LogP contribution >= 0.6 is 11.8 Å². The maximum Gasteiger partial charge on any atom is 0.416 e. The number of aromatic nitrogens is 2. The van der Waals surface area contributed by atoms with E-state index >= 15 is 0 Å². The Bertz CT molecular complexity index is 1380. The van der Waals surface area contributed by atoms with Gasteiger partial charge in [0.15, 0.2) is 0 Å². The topological polar surface area (TPSA) is 89.2 Å². The Balaban J connectivity index is 1.51. The third-order valence-corrected chi connectivity index (χ3v) is 6.14. The summed E-state index contributed by atoms with van der Waals surface area (Å²) in [5.74, 6) is 0.232. The number of hydrogen-bond donors (Lipinski definition) is 2. The van der Waals surface area contributed by atoms with E-state index in [0.717, 1.165) is 17.0 Å². The van der Waals surface area contributed by atoms with Gasteiger partial charge < -0.3 is 14.3 Å². The van der Waals surface area contributed by atoms with Crippen molar-refractivity contribution in [1.29, 1.82) is 0 Å². The molecule has 2 aromatic heterocycles. The minimum Gasteiger partial charge on any atom is -0.467 e. The number of thioether (sulfide) groups is 1. The molecular formula is C22H15F3N4O3S. The molecule has 0 bridgehead atoms. The first-order valence-corrected chi connectivity index (χ1v) is 10.7. The first-order chi connectivity index (χ1) is 15.8. The average molecular weight is 472 g/mol. The van der Waals surface area contributed by atoms with Gasteiger partial charge in [0.25, 0.3) is 5.91 Å². The molecule has 2 aromatic carbocycles. The number of amides is 2. The van der Waals surface area contributed by atoms with Crippen LogP contribution in [-0.2, 0) is 17.5 Å². The van der Waals surface area contributed by atoms with E-state index < -0.39 is 17.6 Å². The first kappa shape index (κ1) is 21.1. The van der Waals surface area contributed by atoms with Gasteiger partial charge in [-0.25, -0.2) is 4.98 Å². The Morgan fingerprint density at radius 3 is 2.82 bits per heavy atom. The predicted octanol–water partition coefficient (Wildman–Crippen LogP) is 4.99. The zero-order valence-electron chi connectivity index (χ0n) is 16.8. The molecule has 11 heteroatoms. The minimum absolute atomic E-state index is 0.0712. The molecule has 0 spiro atoms. The zero-order chi connectivity index (χ0) is 23.2. The molecule has 3 heterocycles. The molecule has 2 amide bonds. The number of halogens is 3. The summed E-state index contributed by atoms with van der Waals surface area (Å²) in [6.07, 6.45) is -3.04. The lowest BCUT2D eigenvalue weighted by Gasteiger charge is -2.17. The summed E-state index contributed by atoms with van der Waals surface area (Å²) in [5.41, 5.74) is 0.454. The quantitative estimate of drug-likeness (QED) is 0.437. The molecule has 0 aliphatic carbocycles. The van der Waals surface area contributed by atoms with E-state index in [1.807, 2.05) is 0 Å². The fourth-order valence-corrected chi connectivity index (χ4v) is 4.31. The lowest BCUT2D eigenvalue weighted by atomic mass is 10.2. The van der Waals surface area contributed by atoms with Gasteiger partial charge >= 0.3 is 6.18 Å². The van der Waals surface area contributed by atoms with Crippen molar-refractivity contribution in [2.75, 3.05) is 16.4 Å². The molecule has 33 heavy (non-hydrogen) atoms. The number of benzene rings is 2. The molecule has 0 fully saturated rings. The van der Waals surface area contributed by atoms with Crippen LogP contribution in [0.2, 0.25) is 0 Å². The Kier molecular flexibility index (Phi) is 5.12. The Hall–Kier alpha value is -3.73. The lowest BCUT2D eigenvalue weighted by molar-refractivity contribution is -0.137. The van der Waals surface area contributed by atoms with Crippen LogP contribution in [0, 0.1) is 0 Å². The summed E-state index contributed by atoms with van der Waals surface area (Å²) in [4.78, 5) is 29.7. The van der Waals surface area contributed by atoms with Gasteiger partial charge in [0.2, 0.25) is 11.9 Å². The van der Waals surface area contributed by atoms with Crippen LogP contribution in [0.5, 0.6) is 0 Å². The molecule has 0 atom stereocenters. The lowest BCUT2D eigenvalue weighted by Crippen LogP contribution is -2.20. The maximum absolute atomic E-state index is 13.2. The number of fused-ring (bicyclic) bond motifs is 2. The van der Waals surface area contributed by atoms with Crippen molar-refractivity contribution < 1.29 is 27.2 Å². The zero-order valence-corrected chi connectivity index (χ0v) is 17.6. The fraction of sp³-hybridized carbons (Fsp3) is 0.136. The molecular weight excluding hydrogens is 457 g/mol. The van der Waals surface area contributed by atoms with Crippen LogP contribution in [0.3, 0.4) is 0 Å². The van der Waals surface area contributed by atoms with Crippen molar-refractivity contribution in [2.24, 2.45) is 0 Å². The van der Waals surface area contributed by atoms with Crippen molar-refractivity contribution in [3.05, 3.63) is 71.7 Å². The van der Waals surface area contributed by atoms with E-state index in [-0.39, 0.29) is 29.5 Å². The standard InChI is InChI=1S/C22H15F3N4O3S/c23-22(24,25)13-4-5-17-15(9-13)27-21(29(17)10-14-2-1-7-32-14)28-20(31)12-3-6-18-16(8-12)26-19(30)11-33-18/h1-9H,10-11H2,(H,26,30)(H,27,28,31). The number of anilines is 2. The van der Waals surface area contributed by atoms with E-state index in [0.29, 0.717) is 22.7 Å². The number of nitrogens with one attached hydrogen (secondary N) is 2. The van der Waals surface area contributed by atoms with Crippen LogP contribution in [0.25, 0.3) is 11.0 Å². The maximum atomic E-state index is 13.2. The van der Waals surface area contributed by atoms with Gasteiger partial charge in [-0.2, -0.15) is 13.2 Å². The normalized spacial score (nSPS) is 13.6. The van der Waals surface area contributed by atoms with Gasteiger partial charge in [0, 0.05) is 10.5 Å². The smallest absolute Gasteiger partial charge is 0.416 e. The molecule has 7 nitrogen and oxygen atoms in total. The molecule has 1 aliphatic rings. The molecule has 1 aliphatic heterocycles. The largest absolute Gasteiger partial charge is 0.467 e. The first-order valence-electron chi connectivity index (χ1n) is 9.76. The molecule has 5 rings (SSSR count). The van der Waals surface area contributed by atoms with Crippen LogP contribution in [-0.4, -0.2) is 27.1 Å². The number of carbonyl (C=O) groups is 2. The summed E-state index contributed by atoms with van der Waals surface area (Å²) in [6.45, 7) is 0.154. The molecule has 4 aromatic rings. The molecule has 0 saturated carbocycles.